The van der Waals surface area contributed by atoms with Gasteiger partial charge in [-0.2, -0.15) is 0 Å². The van der Waals surface area contributed by atoms with Crippen molar-refractivity contribution < 1.29 is 9.53 Å². The van der Waals surface area contributed by atoms with Crippen molar-refractivity contribution in [2.24, 2.45) is 0 Å². The number of ether oxygens (including phenoxy) is 1. The molecule has 0 aliphatic heterocycles. The normalized spacial score (nSPS) is 10.9. The average molecular weight is 448 g/mol. The number of rotatable bonds is 10. The van der Waals surface area contributed by atoms with E-state index >= 15 is 0 Å². The summed E-state index contributed by atoms with van der Waals surface area (Å²) in [6.45, 7) is 4.12. The molecule has 0 fully saturated rings. The van der Waals surface area contributed by atoms with Crippen molar-refractivity contribution in [1.82, 2.24) is 0 Å². The van der Waals surface area contributed by atoms with Gasteiger partial charge in [-0.1, -0.05) is 104 Å². The van der Waals surface area contributed by atoms with E-state index in [0.29, 0.717) is 19.4 Å². The fourth-order valence-corrected chi connectivity index (χ4v) is 4.24. The molecule has 4 rings (SSSR count). The predicted molar refractivity (Wildman–Crippen MR) is 139 cm³/mol. The summed E-state index contributed by atoms with van der Waals surface area (Å²) in [5.74, 6) is 0.701. The molecule has 0 atom stereocenters. The molecule has 34 heavy (non-hydrogen) atoms. The van der Waals surface area contributed by atoms with Gasteiger partial charge in [-0.25, -0.2) is 0 Å². The topological polar surface area (TPSA) is 38.3 Å². The Morgan fingerprint density at radius 1 is 0.735 bits per heavy atom. The van der Waals surface area contributed by atoms with Gasteiger partial charge in [0, 0.05) is 5.69 Å². The monoisotopic (exact) mass is 447 g/mol. The predicted octanol–water partition coefficient (Wildman–Crippen LogP) is 6.61. The molecule has 0 saturated heterocycles. The van der Waals surface area contributed by atoms with Gasteiger partial charge in [0.05, 0.1) is 5.41 Å². The van der Waals surface area contributed by atoms with E-state index in [1.807, 2.05) is 78.9 Å². The Morgan fingerprint density at radius 2 is 1.24 bits per heavy atom. The molecular formula is C31H29NO2. The molecule has 0 aliphatic carbocycles. The molecule has 1 N–H and O–H groups in total. The van der Waals surface area contributed by atoms with Gasteiger partial charge in [0.1, 0.15) is 12.4 Å². The first kappa shape index (κ1) is 23.1. The number of nitrogens with one attached hydrogen (secondary N) is 1. The Morgan fingerprint density at radius 3 is 1.74 bits per heavy atom. The first-order valence-corrected chi connectivity index (χ1v) is 11.5. The van der Waals surface area contributed by atoms with Crippen LogP contribution in [0.3, 0.4) is 0 Å². The smallest absolute Gasteiger partial charge is 0.235 e. The van der Waals surface area contributed by atoms with Crippen LogP contribution in [-0.4, -0.2) is 12.5 Å². The number of carbonyl (C=O) groups is 1. The van der Waals surface area contributed by atoms with E-state index in [-0.39, 0.29) is 5.91 Å². The minimum Gasteiger partial charge on any atom is -0.490 e. The van der Waals surface area contributed by atoms with Gasteiger partial charge in [-0.05, 0) is 53.8 Å². The highest BCUT2D eigenvalue weighted by Gasteiger charge is 2.40. The van der Waals surface area contributed by atoms with Crippen LogP contribution >= 0.6 is 0 Å². The molecule has 0 radical (unpaired) electrons. The summed E-state index contributed by atoms with van der Waals surface area (Å²) in [5.41, 5.74) is 3.17. The van der Waals surface area contributed by atoms with E-state index in [4.69, 9.17) is 4.74 Å². The summed E-state index contributed by atoms with van der Waals surface area (Å²) in [7, 11) is 0. The largest absolute Gasteiger partial charge is 0.490 e. The Kier molecular flexibility index (Phi) is 7.56. The van der Waals surface area contributed by atoms with E-state index in [9.17, 15) is 4.79 Å². The van der Waals surface area contributed by atoms with Crippen molar-refractivity contribution in [3.63, 3.8) is 0 Å². The molecule has 4 aromatic rings. The molecule has 170 valence electrons. The number of amides is 1. The quantitative estimate of drug-likeness (QED) is 0.278. The molecular weight excluding hydrogens is 418 g/mol. The lowest BCUT2D eigenvalue weighted by Gasteiger charge is -2.34. The maximum absolute atomic E-state index is 14.1. The van der Waals surface area contributed by atoms with Crippen LogP contribution in [0.2, 0.25) is 0 Å². The number of anilines is 1. The van der Waals surface area contributed by atoms with E-state index < -0.39 is 5.41 Å². The van der Waals surface area contributed by atoms with Crippen LogP contribution in [-0.2, 0) is 23.1 Å². The molecule has 3 heteroatoms. The molecule has 0 aromatic heterocycles. The van der Waals surface area contributed by atoms with Crippen molar-refractivity contribution in [3.05, 3.63) is 145 Å². The van der Waals surface area contributed by atoms with Gasteiger partial charge in [-0.15, -0.1) is 0 Å². The zero-order valence-electron chi connectivity index (χ0n) is 19.2. The summed E-state index contributed by atoms with van der Waals surface area (Å²) < 4.78 is 5.58. The van der Waals surface area contributed by atoms with E-state index in [1.165, 1.54) is 0 Å². The third kappa shape index (κ3) is 5.62. The van der Waals surface area contributed by atoms with Crippen LogP contribution in [0.5, 0.6) is 5.75 Å². The Hall–Kier alpha value is -4.11. The van der Waals surface area contributed by atoms with Gasteiger partial charge in [0.15, 0.2) is 0 Å². The molecule has 0 bridgehead atoms. The van der Waals surface area contributed by atoms with Gasteiger partial charge in [-0.3, -0.25) is 4.79 Å². The van der Waals surface area contributed by atoms with Crippen LogP contribution in [0, 0.1) is 0 Å². The first-order chi connectivity index (χ1) is 16.7. The summed E-state index contributed by atoms with van der Waals surface area (Å²) in [6.07, 6.45) is 2.87. The fourth-order valence-electron chi connectivity index (χ4n) is 4.24. The van der Waals surface area contributed by atoms with E-state index in [0.717, 1.165) is 28.1 Å². The van der Waals surface area contributed by atoms with Gasteiger partial charge in [0.2, 0.25) is 5.91 Å². The minimum atomic E-state index is -0.790. The van der Waals surface area contributed by atoms with Crippen molar-refractivity contribution in [3.8, 4) is 5.75 Å². The minimum absolute atomic E-state index is 0.0360. The molecule has 0 heterocycles. The lowest BCUT2D eigenvalue weighted by atomic mass is 9.70. The zero-order chi connectivity index (χ0) is 23.6. The third-order valence-corrected chi connectivity index (χ3v) is 5.94. The van der Waals surface area contributed by atoms with E-state index in [2.05, 4.69) is 48.3 Å². The lowest BCUT2D eigenvalue weighted by molar-refractivity contribution is -0.121. The standard InChI is InChI=1S/C31H29NO2/c1-2-22-34-29-20-18-28(19-21-29)32-30(33)31(27-16-10-5-11-17-27,23-25-12-6-3-7-13-25)24-26-14-8-4-9-15-26/h2-21H,1,22-24H2,(H,32,33). The van der Waals surface area contributed by atoms with E-state index in [1.54, 1.807) is 6.08 Å². The summed E-state index contributed by atoms with van der Waals surface area (Å²) in [4.78, 5) is 14.1. The van der Waals surface area contributed by atoms with Crippen molar-refractivity contribution in [2.75, 3.05) is 11.9 Å². The number of benzene rings is 4. The van der Waals surface area contributed by atoms with Gasteiger partial charge >= 0.3 is 0 Å². The van der Waals surface area contributed by atoms with Gasteiger partial charge in [0.25, 0.3) is 0 Å². The average Bonchev–Trinajstić information content (AvgIpc) is 2.89. The lowest BCUT2D eigenvalue weighted by Crippen LogP contribution is -2.44. The summed E-state index contributed by atoms with van der Waals surface area (Å²) in [6, 6.07) is 38.0. The molecule has 0 spiro atoms. The molecule has 0 aliphatic rings. The second kappa shape index (κ2) is 11.2. The first-order valence-electron chi connectivity index (χ1n) is 11.5. The second-order valence-electron chi connectivity index (χ2n) is 8.35. The maximum atomic E-state index is 14.1. The van der Waals surface area contributed by atoms with Crippen LogP contribution in [0.15, 0.2) is 128 Å². The highest BCUT2D eigenvalue weighted by atomic mass is 16.5. The number of hydrogen-bond donors (Lipinski definition) is 1. The molecule has 0 unspecified atom stereocenters. The van der Waals surface area contributed by atoms with Gasteiger partial charge < -0.3 is 10.1 Å². The highest BCUT2D eigenvalue weighted by molar-refractivity contribution is 5.99. The molecule has 4 aromatic carbocycles. The molecule has 3 nitrogen and oxygen atoms in total. The SMILES string of the molecule is C=CCOc1ccc(NC(=O)C(Cc2ccccc2)(Cc2ccccc2)c2ccccc2)cc1. The molecule has 1 amide bonds. The van der Waals surface area contributed by atoms with Crippen molar-refractivity contribution in [2.45, 2.75) is 18.3 Å². The number of carbonyl (C=O) groups excluding carboxylic acids is 1. The highest BCUT2D eigenvalue weighted by Crippen LogP contribution is 2.34. The van der Waals surface area contributed by atoms with Crippen LogP contribution in [0.4, 0.5) is 5.69 Å². The van der Waals surface area contributed by atoms with Crippen molar-refractivity contribution in [1.29, 1.82) is 0 Å². The van der Waals surface area contributed by atoms with Crippen molar-refractivity contribution >= 4 is 11.6 Å². The Labute approximate surface area is 201 Å². The zero-order valence-corrected chi connectivity index (χ0v) is 19.2. The van der Waals surface area contributed by atoms with Crippen LogP contribution in [0.25, 0.3) is 0 Å². The fraction of sp³-hybridized carbons (Fsp3) is 0.129. The third-order valence-electron chi connectivity index (χ3n) is 5.94. The van der Waals surface area contributed by atoms with Crippen LogP contribution in [0.1, 0.15) is 16.7 Å². The maximum Gasteiger partial charge on any atom is 0.235 e. The molecule has 0 saturated carbocycles. The number of hydrogen-bond acceptors (Lipinski definition) is 2. The van der Waals surface area contributed by atoms with Crippen LogP contribution < -0.4 is 10.1 Å². The summed E-state index contributed by atoms with van der Waals surface area (Å²) in [5, 5.41) is 3.19. The summed E-state index contributed by atoms with van der Waals surface area (Å²) >= 11 is 0. The Balaban J connectivity index is 1.73. The Bertz CT molecular complexity index is 1150. The second-order valence-corrected chi connectivity index (χ2v) is 8.35.